The first kappa shape index (κ1) is 14.1. The molecule has 0 radical (unpaired) electrons. The lowest BCUT2D eigenvalue weighted by molar-refractivity contribution is 0.0943. The molecule has 0 bridgehead atoms. The number of hydrogen-bond donors (Lipinski definition) is 2. The van der Waals surface area contributed by atoms with Crippen molar-refractivity contribution < 1.29 is 9.32 Å². The highest BCUT2D eigenvalue weighted by molar-refractivity contribution is 7.83. The van der Waals surface area contributed by atoms with Gasteiger partial charge in [-0.1, -0.05) is 6.92 Å². The van der Waals surface area contributed by atoms with Gasteiger partial charge in [0, 0.05) is 11.8 Å². The fraction of sp³-hybridized carbons (Fsp3) is 1.00. The van der Waals surface area contributed by atoms with Gasteiger partial charge >= 0.3 is 0 Å². The number of nitrogens with one attached hydrogen (secondary N) is 1. The lowest BCUT2D eigenvalue weighted by Crippen LogP contribution is -2.33. The molecule has 0 saturated heterocycles. The van der Waals surface area contributed by atoms with E-state index in [0.29, 0.717) is 11.8 Å². The van der Waals surface area contributed by atoms with Gasteiger partial charge in [-0.3, -0.25) is 0 Å². The molecule has 1 aliphatic rings. The second-order valence-corrected chi connectivity index (χ2v) is 7.07. The van der Waals surface area contributed by atoms with E-state index in [0.717, 1.165) is 32.2 Å². The Morgan fingerprint density at radius 1 is 1.25 bits per heavy atom. The topological polar surface area (TPSA) is 49.3 Å². The van der Waals surface area contributed by atoms with Gasteiger partial charge < -0.3 is 5.11 Å². The number of hydrogen-bond acceptors (Lipinski definition) is 2. The quantitative estimate of drug-likeness (QED) is 0.779. The fourth-order valence-corrected chi connectivity index (χ4v) is 2.98. The fourth-order valence-electron chi connectivity index (χ4n) is 2.22. The van der Waals surface area contributed by atoms with Crippen molar-refractivity contribution in [2.24, 2.45) is 11.8 Å². The predicted molar refractivity (Wildman–Crippen MR) is 68.4 cm³/mol. The summed E-state index contributed by atoms with van der Waals surface area (Å²) >= 11 is 0. The van der Waals surface area contributed by atoms with Gasteiger partial charge in [0.1, 0.15) is 0 Å². The first-order valence-electron chi connectivity index (χ1n) is 6.32. The maximum absolute atomic E-state index is 11.5. The molecule has 3 nitrogen and oxygen atoms in total. The summed E-state index contributed by atoms with van der Waals surface area (Å²) in [7, 11) is -0.903. The summed E-state index contributed by atoms with van der Waals surface area (Å²) in [5.74, 6) is 1.23. The van der Waals surface area contributed by atoms with Gasteiger partial charge in [-0.05, 0) is 51.4 Å². The third kappa shape index (κ3) is 4.52. The van der Waals surface area contributed by atoms with E-state index < -0.39 is 11.0 Å². The standard InChI is InChI=1S/C12H25NO2S/c1-9(2)16(15)13-8-10(3)11-4-6-12(14)7-5-11/h9-14H,4-8H2,1-3H3. The first-order valence-corrected chi connectivity index (χ1v) is 7.54. The van der Waals surface area contributed by atoms with Crippen LogP contribution in [-0.4, -0.2) is 27.2 Å². The third-order valence-electron chi connectivity index (χ3n) is 3.52. The minimum Gasteiger partial charge on any atom is -0.393 e. The van der Waals surface area contributed by atoms with E-state index in [4.69, 9.17) is 0 Å². The lowest BCUT2D eigenvalue weighted by atomic mass is 9.80. The van der Waals surface area contributed by atoms with E-state index in [-0.39, 0.29) is 11.4 Å². The Labute approximate surface area is 102 Å². The Balaban J connectivity index is 2.24. The van der Waals surface area contributed by atoms with E-state index >= 15 is 0 Å². The Morgan fingerprint density at radius 3 is 2.31 bits per heavy atom. The van der Waals surface area contributed by atoms with Crippen LogP contribution in [0.5, 0.6) is 0 Å². The van der Waals surface area contributed by atoms with Crippen molar-refractivity contribution in [3.8, 4) is 0 Å². The molecule has 1 fully saturated rings. The van der Waals surface area contributed by atoms with Gasteiger partial charge in [0.2, 0.25) is 0 Å². The van der Waals surface area contributed by atoms with Crippen LogP contribution in [0.4, 0.5) is 0 Å². The van der Waals surface area contributed by atoms with E-state index in [2.05, 4.69) is 11.6 Å². The molecule has 2 atom stereocenters. The highest BCUT2D eigenvalue weighted by Crippen LogP contribution is 2.29. The minimum absolute atomic E-state index is 0.0822. The zero-order chi connectivity index (χ0) is 12.1. The summed E-state index contributed by atoms with van der Waals surface area (Å²) in [4.78, 5) is 0. The zero-order valence-electron chi connectivity index (χ0n) is 10.6. The maximum atomic E-state index is 11.5. The van der Waals surface area contributed by atoms with Crippen LogP contribution in [0.1, 0.15) is 46.5 Å². The SMILES string of the molecule is CC(CNS(=O)C(C)C)C1CCC(O)CC1. The van der Waals surface area contributed by atoms with Crippen molar-refractivity contribution in [3.63, 3.8) is 0 Å². The number of rotatable bonds is 5. The van der Waals surface area contributed by atoms with Gasteiger partial charge in [0.25, 0.3) is 0 Å². The molecule has 1 saturated carbocycles. The molecular weight excluding hydrogens is 222 g/mol. The molecule has 2 unspecified atom stereocenters. The van der Waals surface area contributed by atoms with Gasteiger partial charge in [-0.25, -0.2) is 8.93 Å². The summed E-state index contributed by atoms with van der Waals surface area (Å²) in [5.41, 5.74) is 0. The maximum Gasteiger partial charge on any atom is 0.0941 e. The molecular formula is C12H25NO2S. The summed E-state index contributed by atoms with van der Waals surface area (Å²) in [6, 6.07) is 0. The molecule has 4 heteroatoms. The average molecular weight is 247 g/mol. The molecule has 96 valence electrons. The van der Waals surface area contributed by atoms with E-state index in [1.807, 2.05) is 13.8 Å². The van der Waals surface area contributed by atoms with Crippen molar-refractivity contribution in [2.45, 2.75) is 57.8 Å². The highest BCUT2D eigenvalue weighted by Gasteiger charge is 2.24. The molecule has 0 aromatic carbocycles. The summed E-state index contributed by atoms with van der Waals surface area (Å²) in [5, 5.41) is 9.62. The molecule has 0 aliphatic heterocycles. The molecule has 1 rings (SSSR count). The van der Waals surface area contributed by atoms with E-state index in [1.54, 1.807) is 0 Å². The first-order chi connectivity index (χ1) is 7.50. The van der Waals surface area contributed by atoms with Crippen molar-refractivity contribution in [1.82, 2.24) is 4.72 Å². The second kappa shape index (κ2) is 6.72. The molecule has 0 aromatic heterocycles. The van der Waals surface area contributed by atoms with Gasteiger partial charge in [0.15, 0.2) is 0 Å². The van der Waals surface area contributed by atoms with Crippen LogP contribution < -0.4 is 4.72 Å². The van der Waals surface area contributed by atoms with Crippen LogP contribution in [0.25, 0.3) is 0 Å². The number of aliphatic hydroxyl groups is 1. The molecule has 0 heterocycles. The Morgan fingerprint density at radius 2 is 1.81 bits per heavy atom. The molecule has 16 heavy (non-hydrogen) atoms. The zero-order valence-corrected chi connectivity index (χ0v) is 11.4. The highest BCUT2D eigenvalue weighted by atomic mass is 32.2. The molecule has 0 aromatic rings. The van der Waals surface area contributed by atoms with Crippen LogP contribution in [0.2, 0.25) is 0 Å². The lowest BCUT2D eigenvalue weighted by Gasteiger charge is -2.30. The van der Waals surface area contributed by atoms with Gasteiger partial charge in [-0.2, -0.15) is 0 Å². The van der Waals surface area contributed by atoms with Crippen molar-refractivity contribution >= 4 is 11.0 Å². The number of aliphatic hydroxyl groups excluding tert-OH is 1. The average Bonchev–Trinajstić information content (AvgIpc) is 2.26. The summed E-state index contributed by atoms with van der Waals surface area (Å²) < 4.78 is 14.6. The van der Waals surface area contributed by atoms with Crippen molar-refractivity contribution in [1.29, 1.82) is 0 Å². The summed E-state index contributed by atoms with van der Waals surface area (Å²) in [6.07, 6.45) is 4.00. The van der Waals surface area contributed by atoms with Crippen LogP contribution >= 0.6 is 0 Å². The summed E-state index contributed by atoms with van der Waals surface area (Å²) in [6.45, 7) is 6.97. The molecule has 0 amide bonds. The van der Waals surface area contributed by atoms with Gasteiger partial charge in [-0.15, -0.1) is 0 Å². The van der Waals surface area contributed by atoms with Gasteiger partial charge in [0.05, 0.1) is 17.1 Å². The van der Waals surface area contributed by atoms with Crippen LogP contribution in [-0.2, 0) is 11.0 Å². The third-order valence-corrected chi connectivity index (χ3v) is 4.83. The van der Waals surface area contributed by atoms with Crippen molar-refractivity contribution in [3.05, 3.63) is 0 Å². The largest absolute Gasteiger partial charge is 0.393 e. The Hall–Kier alpha value is 0.0700. The molecule has 2 N–H and O–H groups in total. The van der Waals surface area contributed by atoms with E-state index in [9.17, 15) is 9.32 Å². The monoisotopic (exact) mass is 247 g/mol. The minimum atomic E-state index is -0.903. The molecule has 0 spiro atoms. The van der Waals surface area contributed by atoms with Crippen LogP contribution in [0, 0.1) is 11.8 Å². The predicted octanol–water partition coefficient (Wildman–Crippen LogP) is 1.84. The van der Waals surface area contributed by atoms with Crippen LogP contribution in [0.3, 0.4) is 0 Å². The smallest absolute Gasteiger partial charge is 0.0941 e. The Bertz CT molecular complexity index is 225. The van der Waals surface area contributed by atoms with E-state index in [1.165, 1.54) is 0 Å². The Kier molecular flexibility index (Phi) is 5.94. The van der Waals surface area contributed by atoms with Crippen molar-refractivity contribution in [2.75, 3.05) is 6.54 Å². The second-order valence-electron chi connectivity index (χ2n) is 5.24. The normalized spacial score (nSPS) is 30.3. The molecule has 1 aliphatic carbocycles. The van der Waals surface area contributed by atoms with Crippen LogP contribution in [0.15, 0.2) is 0 Å².